The standard InChI is InChI=1S/C24H35N7O/c1-30(2)22-19-8-4-5-9-20(19)28-24(29-22)27-17-11-13-18(14-12-17)31(23(26)32)21-10-6-3-7-16(21)15-25/h3,6-7,10,17-18H,4-5,8-9,11-15,25H2,1-2H3,(H2,26,32)(H,27,28,29). The number of aryl methyl sites for hydroxylation is 1. The predicted molar refractivity (Wildman–Crippen MR) is 129 cm³/mol. The van der Waals surface area contributed by atoms with Crippen LogP contribution < -0.4 is 26.6 Å². The van der Waals surface area contributed by atoms with E-state index in [2.05, 4.69) is 10.2 Å². The highest BCUT2D eigenvalue weighted by Crippen LogP contribution is 2.32. The largest absolute Gasteiger partial charge is 0.362 e. The molecule has 0 saturated heterocycles. The maximum absolute atomic E-state index is 12.3. The van der Waals surface area contributed by atoms with Crippen molar-refractivity contribution in [2.45, 2.75) is 70.0 Å². The van der Waals surface area contributed by atoms with Crippen LogP contribution >= 0.6 is 0 Å². The van der Waals surface area contributed by atoms with Crippen molar-refractivity contribution in [2.75, 3.05) is 29.2 Å². The van der Waals surface area contributed by atoms with E-state index in [4.69, 9.17) is 21.4 Å². The third kappa shape index (κ3) is 4.65. The lowest BCUT2D eigenvalue weighted by Gasteiger charge is -2.37. The van der Waals surface area contributed by atoms with Crippen LogP contribution in [0.25, 0.3) is 0 Å². The van der Waals surface area contributed by atoms with E-state index < -0.39 is 6.03 Å². The number of amides is 2. The van der Waals surface area contributed by atoms with Gasteiger partial charge in [0.1, 0.15) is 5.82 Å². The van der Waals surface area contributed by atoms with Crippen LogP contribution in [0.15, 0.2) is 24.3 Å². The molecule has 1 aromatic carbocycles. The first-order chi connectivity index (χ1) is 15.5. The van der Waals surface area contributed by atoms with Crippen LogP contribution in [0.5, 0.6) is 0 Å². The van der Waals surface area contributed by atoms with Gasteiger partial charge >= 0.3 is 6.03 Å². The number of nitrogens with one attached hydrogen (secondary N) is 1. The Morgan fingerprint density at radius 2 is 1.81 bits per heavy atom. The second-order valence-electron chi connectivity index (χ2n) is 9.09. The van der Waals surface area contributed by atoms with Gasteiger partial charge in [-0.25, -0.2) is 9.78 Å². The van der Waals surface area contributed by atoms with E-state index in [9.17, 15) is 4.79 Å². The SMILES string of the molecule is CN(C)c1nc(NC2CCC(N(C(N)=O)c3ccccc3CN)CC2)nc2c1CCCC2. The molecule has 2 aliphatic carbocycles. The number of hydrogen-bond donors (Lipinski definition) is 3. The Balaban J connectivity index is 1.46. The van der Waals surface area contributed by atoms with Crippen molar-refractivity contribution in [1.82, 2.24) is 9.97 Å². The highest BCUT2D eigenvalue weighted by atomic mass is 16.2. The topological polar surface area (TPSA) is 113 Å². The summed E-state index contributed by atoms with van der Waals surface area (Å²) >= 11 is 0. The van der Waals surface area contributed by atoms with Crippen molar-refractivity contribution in [3.8, 4) is 0 Å². The molecule has 8 nitrogen and oxygen atoms in total. The number of anilines is 3. The van der Waals surface area contributed by atoms with E-state index in [1.807, 2.05) is 38.4 Å². The third-order valence-electron chi connectivity index (χ3n) is 6.69. The third-order valence-corrected chi connectivity index (χ3v) is 6.69. The molecule has 1 fully saturated rings. The highest BCUT2D eigenvalue weighted by molar-refractivity contribution is 5.92. The van der Waals surface area contributed by atoms with Crippen molar-refractivity contribution in [3.63, 3.8) is 0 Å². The first-order valence-corrected chi connectivity index (χ1v) is 11.7. The van der Waals surface area contributed by atoms with Crippen LogP contribution in [-0.4, -0.2) is 42.2 Å². The number of aromatic nitrogens is 2. The van der Waals surface area contributed by atoms with Crippen LogP contribution in [-0.2, 0) is 19.4 Å². The monoisotopic (exact) mass is 437 g/mol. The van der Waals surface area contributed by atoms with E-state index in [0.29, 0.717) is 6.54 Å². The fraction of sp³-hybridized carbons (Fsp3) is 0.542. The molecule has 2 amide bonds. The maximum Gasteiger partial charge on any atom is 0.319 e. The van der Waals surface area contributed by atoms with E-state index in [0.717, 1.165) is 61.5 Å². The molecule has 2 aliphatic rings. The van der Waals surface area contributed by atoms with Gasteiger partial charge in [0.2, 0.25) is 5.95 Å². The minimum atomic E-state index is -0.420. The van der Waals surface area contributed by atoms with Crippen LogP contribution in [0.4, 0.5) is 22.2 Å². The Kier molecular flexibility index (Phi) is 6.79. The lowest BCUT2D eigenvalue weighted by Crippen LogP contribution is -2.47. The number of primary amides is 1. The number of nitrogens with zero attached hydrogens (tertiary/aromatic N) is 4. The summed E-state index contributed by atoms with van der Waals surface area (Å²) in [7, 11) is 4.09. The van der Waals surface area contributed by atoms with Gasteiger partial charge in [-0.05, 0) is 63.0 Å². The zero-order valence-corrected chi connectivity index (χ0v) is 19.2. The van der Waals surface area contributed by atoms with Gasteiger partial charge < -0.3 is 21.7 Å². The molecular weight excluding hydrogens is 402 g/mol. The van der Waals surface area contributed by atoms with Gasteiger partial charge in [0.25, 0.3) is 0 Å². The first-order valence-electron chi connectivity index (χ1n) is 11.7. The van der Waals surface area contributed by atoms with Gasteiger partial charge in [-0.3, -0.25) is 4.90 Å². The predicted octanol–water partition coefficient (Wildman–Crippen LogP) is 3.19. The van der Waals surface area contributed by atoms with Gasteiger partial charge in [-0.15, -0.1) is 0 Å². The molecule has 1 aromatic heterocycles. The number of carbonyl (C=O) groups excluding carboxylic acids is 1. The Hall–Kier alpha value is -2.87. The van der Waals surface area contributed by atoms with Crippen molar-refractivity contribution < 1.29 is 4.79 Å². The number of hydrogen-bond acceptors (Lipinski definition) is 6. The summed E-state index contributed by atoms with van der Waals surface area (Å²) < 4.78 is 0. The Morgan fingerprint density at radius 3 is 2.50 bits per heavy atom. The van der Waals surface area contributed by atoms with Gasteiger partial charge in [-0.2, -0.15) is 4.98 Å². The van der Waals surface area contributed by atoms with E-state index >= 15 is 0 Å². The minimum Gasteiger partial charge on any atom is -0.362 e. The lowest BCUT2D eigenvalue weighted by molar-refractivity contribution is 0.248. The molecule has 0 bridgehead atoms. The molecule has 1 heterocycles. The van der Waals surface area contributed by atoms with Crippen molar-refractivity contribution in [3.05, 3.63) is 41.1 Å². The number of benzene rings is 1. The second kappa shape index (κ2) is 9.73. The molecule has 0 spiro atoms. The van der Waals surface area contributed by atoms with Gasteiger partial charge in [0.05, 0.1) is 11.4 Å². The smallest absolute Gasteiger partial charge is 0.319 e. The molecule has 0 radical (unpaired) electrons. The average Bonchev–Trinajstić information content (AvgIpc) is 2.80. The van der Waals surface area contributed by atoms with Crippen LogP contribution in [0.1, 0.15) is 55.3 Å². The molecule has 172 valence electrons. The Labute approximate surface area is 190 Å². The summed E-state index contributed by atoms with van der Waals surface area (Å²) in [6.45, 7) is 0.376. The zero-order chi connectivity index (χ0) is 22.7. The molecule has 5 N–H and O–H groups in total. The molecule has 1 saturated carbocycles. The molecule has 8 heteroatoms. The fourth-order valence-electron chi connectivity index (χ4n) is 5.08. The van der Waals surface area contributed by atoms with Crippen molar-refractivity contribution >= 4 is 23.5 Å². The normalized spacial score (nSPS) is 20.3. The van der Waals surface area contributed by atoms with E-state index in [1.54, 1.807) is 4.90 Å². The number of nitrogens with two attached hydrogens (primary N) is 2. The summed E-state index contributed by atoms with van der Waals surface area (Å²) in [6.07, 6.45) is 8.06. The maximum atomic E-state index is 12.3. The lowest BCUT2D eigenvalue weighted by atomic mass is 9.89. The summed E-state index contributed by atoms with van der Waals surface area (Å²) in [5.41, 5.74) is 15.9. The average molecular weight is 438 g/mol. The van der Waals surface area contributed by atoms with E-state index in [-0.39, 0.29) is 12.1 Å². The number of carbonyl (C=O) groups is 1. The van der Waals surface area contributed by atoms with Gasteiger partial charge in [0.15, 0.2) is 0 Å². The number of rotatable bonds is 6. The second-order valence-corrected chi connectivity index (χ2v) is 9.09. The molecule has 32 heavy (non-hydrogen) atoms. The van der Waals surface area contributed by atoms with Gasteiger partial charge in [0, 0.05) is 38.3 Å². The summed E-state index contributed by atoms with van der Waals surface area (Å²) in [4.78, 5) is 25.9. The number of urea groups is 1. The van der Waals surface area contributed by atoms with Crippen LogP contribution in [0, 0.1) is 0 Å². The van der Waals surface area contributed by atoms with Gasteiger partial charge in [-0.1, -0.05) is 18.2 Å². The van der Waals surface area contributed by atoms with Crippen molar-refractivity contribution in [2.24, 2.45) is 11.5 Å². The molecule has 2 aromatic rings. The molecular formula is C24H35N7O. The quantitative estimate of drug-likeness (QED) is 0.640. The zero-order valence-electron chi connectivity index (χ0n) is 19.2. The fourth-order valence-corrected chi connectivity index (χ4v) is 5.08. The summed E-state index contributed by atoms with van der Waals surface area (Å²) in [5, 5.41) is 3.57. The molecule has 0 aliphatic heterocycles. The molecule has 0 unspecified atom stereocenters. The summed E-state index contributed by atoms with van der Waals surface area (Å²) in [6, 6.07) is 7.67. The molecule has 0 atom stereocenters. The Bertz CT molecular complexity index is 953. The Morgan fingerprint density at radius 1 is 1.09 bits per heavy atom. The molecule has 4 rings (SSSR count). The highest BCUT2D eigenvalue weighted by Gasteiger charge is 2.30. The number of para-hydroxylation sites is 1. The number of fused-ring (bicyclic) bond motifs is 1. The summed E-state index contributed by atoms with van der Waals surface area (Å²) in [5.74, 6) is 1.75. The van der Waals surface area contributed by atoms with Crippen LogP contribution in [0.3, 0.4) is 0 Å². The van der Waals surface area contributed by atoms with Crippen LogP contribution in [0.2, 0.25) is 0 Å². The minimum absolute atomic E-state index is 0.0695. The first kappa shape index (κ1) is 22.3. The van der Waals surface area contributed by atoms with Crippen molar-refractivity contribution in [1.29, 1.82) is 0 Å². The van der Waals surface area contributed by atoms with E-state index in [1.165, 1.54) is 24.1 Å².